The first-order valence-corrected chi connectivity index (χ1v) is 6.37. The molecule has 1 aliphatic rings. The molecule has 0 bridgehead atoms. The lowest BCUT2D eigenvalue weighted by molar-refractivity contribution is 0.575. The fourth-order valence-electron chi connectivity index (χ4n) is 2.33. The highest BCUT2D eigenvalue weighted by molar-refractivity contribution is 6.31. The van der Waals surface area contributed by atoms with Gasteiger partial charge in [0.1, 0.15) is 0 Å². The number of hydrogen-bond acceptors (Lipinski definition) is 2. The smallest absolute Gasteiger partial charge is 0.0471 e. The number of hydrogen-bond donors (Lipinski definition) is 1. The second-order valence-corrected chi connectivity index (χ2v) is 4.72. The van der Waals surface area contributed by atoms with E-state index in [1.54, 1.807) is 0 Å². The van der Waals surface area contributed by atoms with Gasteiger partial charge in [-0.2, -0.15) is 0 Å². The Bertz CT molecular complexity index is 346. The summed E-state index contributed by atoms with van der Waals surface area (Å²) >= 11 is 6.26. The third-order valence-electron chi connectivity index (χ3n) is 3.14. The van der Waals surface area contributed by atoms with Crippen LogP contribution in [0.5, 0.6) is 0 Å². The monoisotopic (exact) mass is 238 g/mol. The molecule has 1 aromatic carbocycles. The molecule has 1 fully saturated rings. The Morgan fingerprint density at radius 3 is 2.69 bits per heavy atom. The van der Waals surface area contributed by atoms with E-state index in [-0.39, 0.29) is 0 Å². The van der Waals surface area contributed by atoms with Gasteiger partial charge in [-0.3, -0.25) is 0 Å². The Balaban J connectivity index is 2.27. The van der Waals surface area contributed by atoms with Crippen LogP contribution in [0, 0.1) is 0 Å². The van der Waals surface area contributed by atoms with Crippen LogP contribution < -0.4 is 10.2 Å². The summed E-state index contributed by atoms with van der Waals surface area (Å²) < 4.78 is 0. The van der Waals surface area contributed by atoms with Crippen molar-refractivity contribution in [3.05, 3.63) is 28.8 Å². The van der Waals surface area contributed by atoms with Crippen molar-refractivity contribution in [1.82, 2.24) is 5.32 Å². The predicted molar refractivity (Wildman–Crippen MR) is 70.3 cm³/mol. The van der Waals surface area contributed by atoms with Crippen molar-refractivity contribution >= 4 is 17.3 Å². The van der Waals surface area contributed by atoms with Crippen LogP contribution in [0.2, 0.25) is 5.02 Å². The van der Waals surface area contributed by atoms with Gasteiger partial charge in [-0.1, -0.05) is 17.7 Å². The van der Waals surface area contributed by atoms with Gasteiger partial charge in [0, 0.05) is 35.9 Å². The van der Waals surface area contributed by atoms with Crippen LogP contribution in [0.25, 0.3) is 0 Å². The van der Waals surface area contributed by atoms with Gasteiger partial charge in [0.25, 0.3) is 0 Å². The number of nitrogens with zero attached hydrogens (tertiary/aromatic N) is 1. The quantitative estimate of drug-likeness (QED) is 0.871. The van der Waals surface area contributed by atoms with Crippen LogP contribution in [0.3, 0.4) is 0 Å². The van der Waals surface area contributed by atoms with Crippen LogP contribution >= 0.6 is 11.6 Å². The highest BCUT2D eigenvalue weighted by Crippen LogP contribution is 2.29. The molecule has 0 aromatic heterocycles. The van der Waals surface area contributed by atoms with Gasteiger partial charge in [-0.15, -0.1) is 0 Å². The lowest BCUT2D eigenvalue weighted by Crippen LogP contribution is -2.30. The van der Waals surface area contributed by atoms with E-state index in [1.807, 2.05) is 19.2 Å². The molecule has 1 aromatic rings. The van der Waals surface area contributed by atoms with Crippen molar-refractivity contribution in [2.24, 2.45) is 0 Å². The van der Waals surface area contributed by atoms with Gasteiger partial charge in [-0.25, -0.2) is 0 Å². The number of nitrogens with one attached hydrogen (secondary N) is 1. The maximum Gasteiger partial charge on any atom is 0.0471 e. The second-order valence-electron chi connectivity index (χ2n) is 4.32. The lowest BCUT2D eigenvalue weighted by atomic mass is 10.1. The number of halogens is 1. The van der Waals surface area contributed by atoms with Crippen LogP contribution in [0.15, 0.2) is 18.2 Å². The third-order valence-corrected chi connectivity index (χ3v) is 3.50. The van der Waals surface area contributed by atoms with Crippen molar-refractivity contribution < 1.29 is 0 Å². The Kier molecular flexibility index (Phi) is 4.08. The zero-order valence-electron chi connectivity index (χ0n) is 9.80. The van der Waals surface area contributed by atoms with Gasteiger partial charge in [0.2, 0.25) is 0 Å². The standard InChI is InChI=1S/C13H19ClN2/c1-15-10-11-12(14)6-5-7-13(11)16-8-3-2-4-9-16/h5-7,15H,2-4,8-10H2,1H3. The van der Waals surface area contributed by atoms with E-state index >= 15 is 0 Å². The molecule has 1 N–H and O–H groups in total. The van der Waals surface area contributed by atoms with Crippen molar-refractivity contribution in [1.29, 1.82) is 0 Å². The molecule has 0 aliphatic carbocycles. The Labute approximate surface area is 103 Å². The molecular formula is C13H19ClN2. The number of anilines is 1. The van der Waals surface area contributed by atoms with Crippen molar-refractivity contribution in [2.75, 3.05) is 25.0 Å². The normalized spacial score (nSPS) is 16.5. The Morgan fingerprint density at radius 1 is 1.25 bits per heavy atom. The van der Waals surface area contributed by atoms with E-state index in [9.17, 15) is 0 Å². The van der Waals surface area contributed by atoms with E-state index in [4.69, 9.17) is 11.6 Å². The minimum Gasteiger partial charge on any atom is -0.371 e. The van der Waals surface area contributed by atoms with Crippen LogP contribution in [0.1, 0.15) is 24.8 Å². The maximum absolute atomic E-state index is 6.26. The summed E-state index contributed by atoms with van der Waals surface area (Å²) in [7, 11) is 1.96. The molecule has 3 heteroatoms. The first kappa shape index (κ1) is 11.7. The molecule has 0 atom stereocenters. The fourth-order valence-corrected chi connectivity index (χ4v) is 2.57. The van der Waals surface area contributed by atoms with E-state index in [2.05, 4.69) is 16.3 Å². The summed E-state index contributed by atoms with van der Waals surface area (Å²) in [5.74, 6) is 0. The molecule has 1 heterocycles. The molecule has 0 unspecified atom stereocenters. The second kappa shape index (κ2) is 5.55. The van der Waals surface area contributed by atoms with E-state index < -0.39 is 0 Å². The zero-order valence-corrected chi connectivity index (χ0v) is 10.6. The van der Waals surface area contributed by atoms with Crippen LogP contribution in [0.4, 0.5) is 5.69 Å². The molecule has 0 spiro atoms. The molecule has 2 nitrogen and oxygen atoms in total. The van der Waals surface area contributed by atoms with Gasteiger partial charge in [-0.05, 0) is 38.4 Å². The van der Waals surface area contributed by atoms with Gasteiger partial charge in [0.05, 0.1) is 0 Å². The lowest BCUT2D eigenvalue weighted by Gasteiger charge is -2.31. The van der Waals surface area contributed by atoms with Gasteiger partial charge >= 0.3 is 0 Å². The van der Waals surface area contributed by atoms with Crippen LogP contribution in [-0.4, -0.2) is 20.1 Å². The average molecular weight is 239 g/mol. The first-order valence-electron chi connectivity index (χ1n) is 6.00. The molecule has 16 heavy (non-hydrogen) atoms. The Morgan fingerprint density at radius 2 is 2.00 bits per heavy atom. The maximum atomic E-state index is 6.26. The van der Waals surface area contributed by atoms with Crippen LogP contribution in [-0.2, 0) is 6.54 Å². The zero-order chi connectivity index (χ0) is 11.4. The number of rotatable bonds is 3. The molecule has 88 valence electrons. The molecule has 0 radical (unpaired) electrons. The molecule has 1 saturated heterocycles. The summed E-state index contributed by atoms with van der Waals surface area (Å²) in [6, 6.07) is 6.21. The largest absolute Gasteiger partial charge is 0.371 e. The Hall–Kier alpha value is -0.730. The molecule has 2 rings (SSSR count). The molecule has 0 saturated carbocycles. The molecule has 0 amide bonds. The summed E-state index contributed by atoms with van der Waals surface area (Å²) in [6.45, 7) is 3.17. The average Bonchev–Trinajstić information content (AvgIpc) is 2.33. The topological polar surface area (TPSA) is 15.3 Å². The summed E-state index contributed by atoms with van der Waals surface area (Å²) in [6.07, 6.45) is 3.95. The fraction of sp³-hybridized carbons (Fsp3) is 0.538. The predicted octanol–water partition coefficient (Wildman–Crippen LogP) is 3.05. The van der Waals surface area contributed by atoms with E-state index in [1.165, 1.54) is 30.5 Å². The summed E-state index contributed by atoms with van der Waals surface area (Å²) in [5, 5.41) is 4.07. The SMILES string of the molecule is CNCc1c(Cl)cccc1N1CCCCC1. The highest BCUT2D eigenvalue weighted by atomic mass is 35.5. The minimum absolute atomic E-state index is 0.839. The van der Waals surface area contributed by atoms with Crippen molar-refractivity contribution in [3.63, 3.8) is 0 Å². The molecule has 1 aliphatic heterocycles. The molecular weight excluding hydrogens is 220 g/mol. The van der Waals surface area contributed by atoms with E-state index in [0.717, 1.165) is 24.7 Å². The number of benzene rings is 1. The van der Waals surface area contributed by atoms with Crippen molar-refractivity contribution in [3.8, 4) is 0 Å². The summed E-state index contributed by atoms with van der Waals surface area (Å²) in [4.78, 5) is 2.46. The summed E-state index contributed by atoms with van der Waals surface area (Å²) in [5.41, 5.74) is 2.54. The highest BCUT2D eigenvalue weighted by Gasteiger charge is 2.15. The number of piperidine rings is 1. The van der Waals surface area contributed by atoms with Gasteiger partial charge in [0.15, 0.2) is 0 Å². The first-order chi connectivity index (χ1) is 7.83. The minimum atomic E-state index is 0.839. The van der Waals surface area contributed by atoms with E-state index in [0.29, 0.717) is 0 Å². The van der Waals surface area contributed by atoms with Gasteiger partial charge < -0.3 is 10.2 Å². The van der Waals surface area contributed by atoms with Crippen molar-refractivity contribution in [2.45, 2.75) is 25.8 Å². The third kappa shape index (κ3) is 2.50.